The molecule has 138 valence electrons. The quantitative estimate of drug-likeness (QED) is 0.684. The van der Waals surface area contributed by atoms with Gasteiger partial charge in [-0.15, -0.1) is 0 Å². The average molecular weight is 350 g/mol. The predicted molar refractivity (Wildman–Crippen MR) is 93.9 cm³/mol. The number of para-hydroxylation sites is 2. The molecule has 2 amide bonds. The van der Waals surface area contributed by atoms with Crippen molar-refractivity contribution in [2.75, 3.05) is 40.3 Å². The summed E-state index contributed by atoms with van der Waals surface area (Å²) in [4.78, 5) is 26.6. The Kier molecular flexibility index (Phi) is 6.64. The smallest absolute Gasteiger partial charge is 0.277 e. The Morgan fingerprint density at radius 2 is 1.96 bits per heavy atom. The van der Waals surface area contributed by atoms with Crippen molar-refractivity contribution in [1.82, 2.24) is 10.2 Å². The Morgan fingerprint density at radius 1 is 1.28 bits per heavy atom. The number of carbonyl (C=O) groups excluding carboxylic acids is 2. The molecule has 1 aliphatic rings. The van der Waals surface area contributed by atoms with Crippen LogP contribution in [0.4, 0.5) is 0 Å². The second-order valence-electron chi connectivity index (χ2n) is 6.80. The van der Waals surface area contributed by atoms with Gasteiger partial charge >= 0.3 is 0 Å². The first-order valence-electron chi connectivity index (χ1n) is 8.58. The maximum Gasteiger partial charge on any atom is 0.277 e. The van der Waals surface area contributed by atoms with Crippen molar-refractivity contribution in [2.45, 2.75) is 26.0 Å². The number of ether oxygens (including phenoxy) is 2. The van der Waals surface area contributed by atoms with Crippen molar-refractivity contribution in [3.05, 3.63) is 24.3 Å². The summed E-state index contributed by atoms with van der Waals surface area (Å²) in [5, 5.41) is 2.83. The first-order valence-corrected chi connectivity index (χ1v) is 8.58. The zero-order chi connectivity index (χ0) is 18.4. The van der Waals surface area contributed by atoms with Gasteiger partial charge in [-0.2, -0.15) is 0 Å². The van der Waals surface area contributed by atoms with Gasteiger partial charge in [-0.05, 0) is 26.0 Å². The predicted octanol–water partition coefficient (Wildman–Crippen LogP) is -0.676. The highest BCUT2D eigenvalue weighted by molar-refractivity contribution is 5.79. The van der Waals surface area contributed by atoms with Gasteiger partial charge in [0.05, 0.1) is 13.6 Å². The molecule has 7 heteroatoms. The van der Waals surface area contributed by atoms with Gasteiger partial charge in [0.1, 0.15) is 6.61 Å². The van der Waals surface area contributed by atoms with Crippen LogP contribution in [0.15, 0.2) is 24.3 Å². The third-order valence-corrected chi connectivity index (χ3v) is 3.84. The van der Waals surface area contributed by atoms with Crippen LogP contribution in [-0.2, 0) is 9.59 Å². The average Bonchev–Trinajstić information content (AvgIpc) is 2.53. The molecule has 1 unspecified atom stereocenters. The third-order valence-electron chi connectivity index (χ3n) is 3.84. The molecule has 1 aliphatic heterocycles. The number of carbonyl (C=O) groups is 2. The molecule has 2 atom stereocenters. The van der Waals surface area contributed by atoms with Crippen molar-refractivity contribution in [2.24, 2.45) is 0 Å². The van der Waals surface area contributed by atoms with E-state index in [0.717, 1.165) is 10.6 Å². The second kappa shape index (κ2) is 8.71. The standard InChI is InChI=1S/C18H27N3O4/c1-13(2)19-17(22)10-20(3)11-18(23)21(4)9-14-12-24-15-7-5-6-8-16(15)25-14/h5-8,13-14H,9-12H2,1-4H3,(H,19,22)/p+1/t14-/m1/s1. The van der Waals surface area contributed by atoms with E-state index in [2.05, 4.69) is 5.32 Å². The monoisotopic (exact) mass is 350 g/mol. The van der Waals surface area contributed by atoms with Crippen LogP contribution in [0.2, 0.25) is 0 Å². The van der Waals surface area contributed by atoms with E-state index in [9.17, 15) is 9.59 Å². The van der Waals surface area contributed by atoms with Gasteiger partial charge in [-0.25, -0.2) is 0 Å². The van der Waals surface area contributed by atoms with Gasteiger partial charge in [-0.3, -0.25) is 9.59 Å². The van der Waals surface area contributed by atoms with Crippen molar-refractivity contribution < 1.29 is 24.0 Å². The molecule has 0 radical (unpaired) electrons. The molecule has 0 spiro atoms. The molecule has 2 N–H and O–H groups in total. The fourth-order valence-corrected chi connectivity index (χ4v) is 2.66. The maximum absolute atomic E-state index is 12.4. The van der Waals surface area contributed by atoms with Crippen LogP contribution >= 0.6 is 0 Å². The summed E-state index contributed by atoms with van der Waals surface area (Å²) in [5.74, 6) is 1.35. The van der Waals surface area contributed by atoms with Crippen LogP contribution < -0.4 is 19.7 Å². The van der Waals surface area contributed by atoms with Gasteiger partial charge in [0.25, 0.3) is 11.8 Å². The minimum Gasteiger partial charge on any atom is -0.486 e. The van der Waals surface area contributed by atoms with E-state index in [1.807, 2.05) is 45.2 Å². The molecule has 0 bridgehead atoms. The normalized spacial score (nSPS) is 17.1. The number of hydrogen-bond donors (Lipinski definition) is 2. The largest absolute Gasteiger partial charge is 0.486 e. The lowest BCUT2D eigenvalue weighted by molar-refractivity contribution is -0.863. The molecular formula is C18H28N3O4+. The van der Waals surface area contributed by atoms with E-state index in [1.165, 1.54) is 0 Å². The summed E-state index contributed by atoms with van der Waals surface area (Å²) in [6.07, 6.45) is -0.201. The van der Waals surface area contributed by atoms with Gasteiger partial charge in [0.2, 0.25) is 0 Å². The van der Waals surface area contributed by atoms with Crippen molar-refractivity contribution in [3.8, 4) is 11.5 Å². The number of hydrogen-bond acceptors (Lipinski definition) is 4. The summed E-state index contributed by atoms with van der Waals surface area (Å²) < 4.78 is 11.5. The molecule has 1 aromatic carbocycles. The molecular weight excluding hydrogens is 322 g/mol. The third kappa shape index (κ3) is 5.94. The Balaban J connectivity index is 1.78. The van der Waals surface area contributed by atoms with E-state index < -0.39 is 0 Å². The zero-order valence-electron chi connectivity index (χ0n) is 15.4. The van der Waals surface area contributed by atoms with E-state index in [4.69, 9.17) is 9.47 Å². The molecule has 0 aromatic heterocycles. The van der Waals surface area contributed by atoms with Gasteiger partial charge in [0.15, 0.2) is 30.7 Å². The summed E-state index contributed by atoms with van der Waals surface area (Å²) in [6, 6.07) is 7.60. The zero-order valence-corrected chi connectivity index (χ0v) is 15.4. The number of rotatable bonds is 7. The lowest BCUT2D eigenvalue weighted by Crippen LogP contribution is -3.11. The number of nitrogens with zero attached hydrogens (tertiary/aromatic N) is 1. The second-order valence-corrected chi connectivity index (χ2v) is 6.80. The first-order chi connectivity index (χ1) is 11.8. The molecule has 0 fully saturated rings. The number of likely N-dealkylation sites (N-methyl/N-ethyl adjacent to an activating group) is 2. The Morgan fingerprint density at radius 3 is 2.64 bits per heavy atom. The van der Waals surface area contributed by atoms with Crippen LogP contribution in [0.1, 0.15) is 13.8 Å². The molecule has 1 heterocycles. The molecule has 0 saturated heterocycles. The molecule has 7 nitrogen and oxygen atoms in total. The van der Waals surface area contributed by atoms with E-state index >= 15 is 0 Å². The number of nitrogens with one attached hydrogen (secondary N) is 2. The highest BCUT2D eigenvalue weighted by atomic mass is 16.6. The van der Waals surface area contributed by atoms with Crippen molar-refractivity contribution >= 4 is 11.8 Å². The molecule has 0 aliphatic carbocycles. The first kappa shape index (κ1) is 19.1. The highest BCUT2D eigenvalue weighted by Crippen LogP contribution is 2.30. The lowest BCUT2D eigenvalue weighted by Gasteiger charge is -2.29. The Bertz CT molecular complexity index is 606. The lowest BCUT2D eigenvalue weighted by atomic mass is 10.2. The van der Waals surface area contributed by atoms with Crippen LogP contribution in [0.25, 0.3) is 0 Å². The van der Waals surface area contributed by atoms with Crippen LogP contribution in [0, 0.1) is 0 Å². The summed E-state index contributed by atoms with van der Waals surface area (Å²) in [5.41, 5.74) is 0. The Labute approximate surface area is 148 Å². The van der Waals surface area contributed by atoms with Crippen LogP contribution in [0.5, 0.6) is 11.5 Å². The number of benzene rings is 1. The minimum absolute atomic E-state index is 0.0303. The molecule has 2 rings (SSSR count). The van der Waals surface area contributed by atoms with Crippen molar-refractivity contribution in [1.29, 1.82) is 0 Å². The molecule has 25 heavy (non-hydrogen) atoms. The molecule has 1 aromatic rings. The van der Waals surface area contributed by atoms with Crippen molar-refractivity contribution in [3.63, 3.8) is 0 Å². The molecule has 0 saturated carbocycles. The fraction of sp³-hybridized carbons (Fsp3) is 0.556. The van der Waals surface area contributed by atoms with Crippen LogP contribution in [0.3, 0.4) is 0 Å². The van der Waals surface area contributed by atoms with E-state index in [1.54, 1.807) is 11.9 Å². The minimum atomic E-state index is -0.201. The van der Waals surface area contributed by atoms with E-state index in [0.29, 0.717) is 18.9 Å². The number of quaternary nitrogens is 1. The summed E-state index contributed by atoms with van der Waals surface area (Å²) in [6.45, 7) is 5.21. The van der Waals surface area contributed by atoms with Gasteiger partial charge in [-0.1, -0.05) is 12.1 Å². The summed E-state index contributed by atoms with van der Waals surface area (Å²) in [7, 11) is 3.58. The highest BCUT2D eigenvalue weighted by Gasteiger charge is 2.25. The number of amides is 2. The SMILES string of the molecule is CC(C)NC(=O)C[NH+](C)CC(=O)N(C)C[C@@H]1COc2ccccc2O1. The topological polar surface area (TPSA) is 72.3 Å². The Hall–Kier alpha value is -2.28. The maximum atomic E-state index is 12.4. The summed E-state index contributed by atoms with van der Waals surface area (Å²) >= 11 is 0. The number of fused-ring (bicyclic) bond motifs is 1. The van der Waals surface area contributed by atoms with E-state index in [-0.39, 0.29) is 37.0 Å². The van der Waals surface area contributed by atoms with Crippen LogP contribution in [-0.4, -0.2) is 69.2 Å². The fourth-order valence-electron chi connectivity index (χ4n) is 2.66. The van der Waals surface area contributed by atoms with Gasteiger partial charge in [0, 0.05) is 13.1 Å². The van der Waals surface area contributed by atoms with Gasteiger partial charge < -0.3 is 24.6 Å².